The van der Waals surface area contributed by atoms with E-state index in [-0.39, 0.29) is 22.9 Å². The second kappa shape index (κ2) is 16.3. The molecule has 0 aliphatic carbocycles. The standard InChI is InChI=1S/C19H18F3N3O.C16H17F3N2.C3H2BrNO/c1-12-9-13(11-25(10-12)17-6-8-26-24-17)14-4-5-16(19(20,21)22)18-15(14)3-2-7-23-18;1-10-7-11(9-20-8-10)12-4-5-14(16(17,18)19)15-13(12)3-2-6-21-15;4-3-1-2-6-5-3/h2-8,12-13H,9-11H2,1H3;2-6,10-11,20H,7-9H2,1H3;1-2H. The molecule has 4 atom stereocenters. The SMILES string of the molecule is Brc1ccon1.CC1CC(c2ccc(C(F)(F)F)c3ncccc23)CN(c2ccon2)C1.CC1CNCC(c2ccc(C(F)(F)F)c3ncccc23)C1. The lowest BCUT2D eigenvalue weighted by molar-refractivity contribution is -0.137. The Morgan fingerprint density at radius 3 is 1.74 bits per heavy atom. The fraction of sp³-hybridized carbons (Fsp3) is 0.368. The molecular weight excluding hydrogens is 766 g/mol. The van der Waals surface area contributed by atoms with Crippen LogP contribution >= 0.6 is 15.9 Å². The summed E-state index contributed by atoms with van der Waals surface area (Å²) in [6.45, 7) is 7.60. The number of alkyl halides is 6. The van der Waals surface area contributed by atoms with Crippen molar-refractivity contribution in [3.63, 3.8) is 0 Å². The van der Waals surface area contributed by atoms with Crippen LogP contribution in [0.1, 0.15) is 60.8 Å². The molecule has 2 fully saturated rings. The van der Waals surface area contributed by atoms with E-state index in [1.165, 1.54) is 31.0 Å². The Labute approximate surface area is 310 Å². The van der Waals surface area contributed by atoms with E-state index in [2.05, 4.69) is 64.8 Å². The molecule has 280 valence electrons. The second-order valence-corrected chi connectivity index (χ2v) is 14.3. The van der Waals surface area contributed by atoms with Crippen molar-refractivity contribution in [1.29, 1.82) is 0 Å². The molecule has 2 aliphatic rings. The van der Waals surface area contributed by atoms with Crippen molar-refractivity contribution in [3.8, 4) is 0 Å². The topological polar surface area (TPSA) is 93.1 Å². The van der Waals surface area contributed by atoms with Crippen LogP contribution in [0.25, 0.3) is 21.8 Å². The van der Waals surface area contributed by atoms with E-state index in [0.717, 1.165) is 60.1 Å². The first kappa shape index (κ1) is 38.2. The zero-order chi connectivity index (χ0) is 37.8. The first-order valence-corrected chi connectivity index (χ1v) is 17.9. The molecule has 0 bridgehead atoms. The summed E-state index contributed by atoms with van der Waals surface area (Å²) in [4.78, 5) is 10.1. The largest absolute Gasteiger partial charge is 0.418 e. The monoisotopic (exact) mass is 802 g/mol. The van der Waals surface area contributed by atoms with E-state index in [1.807, 2.05) is 6.07 Å². The third-order valence-corrected chi connectivity index (χ3v) is 9.89. The first-order valence-electron chi connectivity index (χ1n) is 17.1. The zero-order valence-corrected chi connectivity index (χ0v) is 30.4. The Kier molecular flexibility index (Phi) is 11.7. The summed E-state index contributed by atoms with van der Waals surface area (Å²) >= 11 is 3.08. The zero-order valence-electron chi connectivity index (χ0n) is 28.8. The highest BCUT2D eigenvalue weighted by Crippen LogP contribution is 2.41. The number of nitrogens with zero attached hydrogens (tertiary/aromatic N) is 5. The number of hydrogen-bond acceptors (Lipinski definition) is 8. The van der Waals surface area contributed by atoms with Gasteiger partial charge in [-0.05, 0) is 88.5 Å². The first-order chi connectivity index (χ1) is 25.3. The highest BCUT2D eigenvalue weighted by Gasteiger charge is 2.36. The Morgan fingerprint density at radius 2 is 1.25 bits per heavy atom. The molecule has 6 heterocycles. The van der Waals surface area contributed by atoms with Gasteiger partial charge in [0.05, 0.1) is 22.2 Å². The second-order valence-electron chi connectivity index (χ2n) is 13.5. The number of rotatable bonds is 3. The molecule has 8 rings (SSSR count). The molecule has 1 N–H and O–H groups in total. The average molecular weight is 804 g/mol. The van der Waals surface area contributed by atoms with Gasteiger partial charge in [0, 0.05) is 60.9 Å². The molecule has 0 spiro atoms. The maximum absolute atomic E-state index is 13.3. The van der Waals surface area contributed by atoms with Crippen molar-refractivity contribution in [2.24, 2.45) is 11.8 Å². The van der Waals surface area contributed by atoms with Gasteiger partial charge in [-0.3, -0.25) is 9.97 Å². The third kappa shape index (κ3) is 9.18. The number of hydrogen-bond donors (Lipinski definition) is 1. The van der Waals surface area contributed by atoms with Gasteiger partial charge in [-0.1, -0.05) is 48.4 Å². The lowest BCUT2D eigenvalue weighted by Crippen LogP contribution is -2.39. The molecule has 53 heavy (non-hydrogen) atoms. The Hall–Kier alpha value is -4.50. The van der Waals surface area contributed by atoms with Gasteiger partial charge in [-0.25, -0.2) is 0 Å². The number of pyridine rings is 2. The molecule has 0 radical (unpaired) electrons. The maximum Gasteiger partial charge on any atom is 0.418 e. The van der Waals surface area contributed by atoms with Gasteiger partial charge in [0.25, 0.3) is 0 Å². The van der Waals surface area contributed by atoms with Crippen LogP contribution in [0.15, 0.2) is 99.2 Å². The molecule has 4 unspecified atom stereocenters. The van der Waals surface area contributed by atoms with E-state index in [4.69, 9.17) is 4.52 Å². The van der Waals surface area contributed by atoms with Crippen LogP contribution < -0.4 is 10.2 Å². The van der Waals surface area contributed by atoms with Gasteiger partial charge < -0.3 is 19.3 Å². The van der Waals surface area contributed by atoms with Crippen molar-refractivity contribution in [1.82, 2.24) is 25.6 Å². The predicted octanol–water partition coefficient (Wildman–Crippen LogP) is 10.3. The number of nitrogens with one attached hydrogen (secondary N) is 1. The quantitative estimate of drug-likeness (QED) is 0.177. The minimum Gasteiger partial charge on any atom is -0.364 e. The summed E-state index contributed by atoms with van der Waals surface area (Å²) < 4.78 is 89.4. The van der Waals surface area contributed by atoms with Gasteiger partial charge in [0.2, 0.25) is 0 Å². The van der Waals surface area contributed by atoms with Crippen molar-refractivity contribution >= 4 is 43.6 Å². The van der Waals surface area contributed by atoms with Crippen LogP contribution in [0.3, 0.4) is 0 Å². The molecule has 0 amide bonds. The van der Waals surface area contributed by atoms with Crippen molar-refractivity contribution in [3.05, 3.63) is 112 Å². The van der Waals surface area contributed by atoms with Gasteiger partial charge in [-0.15, -0.1) is 0 Å². The number of anilines is 1. The number of aromatic nitrogens is 4. The summed E-state index contributed by atoms with van der Waals surface area (Å²) in [6.07, 6.45) is -1.03. The number of halogens is 7. The highest BCUT2D eigenvalue weighted by atomic mass is 79.9. The highest BCUT2D eigenvalue weighted by molar-refractivity contribution is 9.10. The number of benzene rings is 2. The average Bonchev–Trinajstić information content (AvgIpc) is 3.85. The van der Waals surface area contributed by atoms with E-state index in [0.29, 0.717) is 29.2 Å². The summed E-state index contributed by atoms with van der Waals surface area (Å²) in [5.74, 6) is 2.01. The number of fused-ring (bicyclic) bond motifs is 2. The molecule has 2 aliphatic heterocycles. The minimum absolute atomic E-state index is 0.0173. The van der Waals surface area contributed by atoms with Crippen LogP contribution in [0.5, 0.6) is 0 Å². The van der Waals surface area contributed by atoms with Crippen molar-refractivity contribution < 1.29 is 35.4 Å². The Bertz CT molecular complexity index is 2090. The molecule has 6 aromatic rings. The third-order valence-electron chi connectivity index (χ3n) is 9.48. The summed E-state index contributed by atoms with van der Waals surface area (Å²) in [6, 6.07) is 15.9. The van der Waals surface area contributed by atoms with E-state index >= 15 is 0 Å². The van der Waals surface area contributed by atoms with Gasteiger partial charge in [0.1, 0.15) is 17.1 Å². The smallest absolute Gasteiger partial charge is 0.364 e. The molecule has 2 saturated heterocycles. The normalized spacial score (nSPS) is 20.7. The molecular formula is C38H37BrF6N6O2. The van der Waals surface area contributed by atoms with Crippen molar-refractivity contribution in [2.45, 2.75) is 50.9 Å². The lowest BCUT2D eigenvalue weighted by atomic mass is 9.83. The lowest BCUT2D eigenvalue weighted by Gasteiger charge is -2.37. The molecule has 0 saturated carbocycles. The van der Waals surface area contributed by atoms with E-state index in [9.17, 15) is 26.3 Å². The van der Waals surface area contributed by atoms with Gasteiger partial charge >= 0.3 is 12.4 Å². The maximum atomic E-state index is 13.3. The predicted molar refractivity (Wildman–Crippen MR) is 192 cm³/mol. The fourth-order valence-electron chi connectivity index (χ4n) is 7.28. The van der Waals surface area contributed by atoms with Gasteiger partial charge in [-0.2, -0.15) is 26.3 Å². The minimum atomic E-state index is -4.42. The van der Waals surface area contributed by atoms with Crippen LogP contribution in [0.4, 0.5) is 32.2 Å². The van der Waals surface area contributed by atoms with Crippen molar-refractivity contribution in [2.75, 3.05) is 31.1 Å². The van der Waals surface area contributed by atoms with Crippen LogP contribution in [-0.2, 0) is 12.4 Å². The molecule has 2 aromatic carbocycles. The molecule has 4 aromatic heterocycles. The van der Waals surface area contributed by atoms with Crippen LogP contribution in [0.2, 0.25) is 0 Å². The fourth-order valence-corrected chi connectivity index (χ4v) is 7.47. The summed E-state index contributed by atoms with van der Waals surface area (Å²) in [5, 5.41) is 12.0. The Balaban J connectivity index is 0.000000159. The summed E-state index contributed by atoms with van der Waals surface area (Å²) in [5.41, 5.74) is 0.600. The Morgan fingerprint density at radius 1 is 0.679 bits per heavy atom. The van der Waals surface area contributed by atoms with E-state index < -0.39 is 23.5 Å². The van der Waals surface area contributed by atoms with Crippen LogP contribution in [-0.4, -0.2) is 46.5 Å². The molecule has 8 nitrogen and oxygen atoms in total. The van der Waals surface area contributed by atoms with E-state index in [1.54, 1.807) is 42.5 Å². The molecule has 15 heteroatoms. The van der Waals surface area contributed by atoms with Crippen LogP contribution in [0, 0.1) is 11.8 Å². The number of piperidine rings is 2. The van der Waals surface area contributed by atoms with Gasteiger partial charge in [0.15, 0.2) is 5.82 Å². The summed E-state index contributed by atoms with van der Waals surface area (Å²) in [7, 11) is 0.